The SMILES string of the molecule is CC(=O)N1CC[NH+]([C@H](C)C(=O)Nc2cccc(C(F)(F)F)c2)CC1. The first-order chi connectivity index (χ1) is 11.2. The Kier molecular flexibility index (Phi) is 5.48. The number of amides is 2. The summed E-state index contributed by atoms with van der Waals surface area (Å²) >= 11 is 0. The number of nitrogens with zero attached hydrogens (tertiary/aromatic N) is 1. The number of anilines is 1. The first-order valence-electron chi connectivity index (χ1n) is 7.76. The molecule has 2 rings (SSSR count). The summed E-state index contributed by atoms with van der Waals surface area (Å²) in [6.07, 6.45) is -4.44. The molecular weight excluding hydrogens is 323 g/mol. The molecule has 0 saturated carbocycles. The molecule has 1 aliphatic rings. The van der Waals surface area contributed by atoms with Crippen molar-refractivity contribution < 1.29 is 27.7 Å². The Morgan fingerprint density at radius 2 is 1.88 bits per heavy atom. The first-order valence-corrected chi connectivity index (χ1v) is 7.76. The van der Waals surface area contributed by atoms with Gasteiger partial charge in [-0.25, -0.2) is 0 Å². The summed E-state index contributed by atoms with van der Waals surface area (Å²) in [5.41, 5.74) is -0.668. The molecule has 1 aromatic carbocycles. The summed E-state index contributed by atoms with van der Waals surface area (Å²) in [5, 5.41) is 2.55. The highest BCUT2D eigenvalue weighted by Crippen LogP contribution is 2.30. The molecule has 1 heterocycles. The fourth-order valence-electron chi connectivity index (χ4n) is 2.75. The lowest BCUT2D eigenvalue weighted by Gasteiger charge is -2.34. The molecule has 1 aromatic rings. The third kappa shape index (κ3) is 4.47. The number of rotatable bonds is 3. The van der Waals surface area contributed by atoms with Crippen molar-refractivity contribution in [2.45, 2.75) is 26.1 Å². The van der Waals surface area contributed by atoms with Crippen LogP contribution in [-0.4, -0.2) is 48.9 Å². The number of hydrogen-bond donors (Lipinski definition) is 2. The van der Waals surface area contributed by atoms with Crippen molar-refractivity contribution in [3.05, 3.63) is 29.8 Å². The van der Waals surface area contributed by atoms with Gasteiger partial charge in [-0.3, -0.25) is 9.59 Å². The third-order valence-electron chi connectivity index (χ3n) is 4.31. The van der Waals surface area contributed by atoms with E-state index in [4.69, 9.17) is 0 Å². The van der Waals surface area contributed by atoms with Gasteiger partial charge in [0.1, 0.15) is 0 Å². The average molecular weight is 344 g/mol. The predicted octanol–water partition coefficient (Wildman–Crippen LogP) is 0.779. The van der Waals surface area contributed by atoms with Crippen molar-refractivity contribution in [2.75, 3.05) is 31.5 Å². The zero-order valence-electron chi connectivity index (χ0n) is 13.6. The Morgan fingerprint density at radius 3 is 2.42 bits per heavy atom. The van der Waals surface area contributed by atoms with Crippen LogP contribution in [0.2, 0.25) is 0 Å². The Morgan fingerprint density at radius 1 is 1.25 bits per heavy atom. The highest BCUT2D eigenvalue weighted by molar-refractivity contribution is 5.93. The first kappa shape index (κ1) is 18.3. The maximum absolute atomic E-state index is 12.7. The fraction of sp³-hybridized carbons (Fsp3) is 0.500. The van der Waals surface area contributed by atoms with Crippen LogP contribution < -0.4 is 10.2 Å². The van der Waals surface area contributed by atoms with Crippen molar-refractivity contribution in [1.82, 2.24) is 4.90 Å². The third-order valence-corrected chi connectivity index (χ3v) is 4.31. The number of carbonyl (C=O) groups is 2. The maximum Gasteiger partial charge on any atom is 0.416 e. The van der Waals surface area contributed by atoms with Gasteiger partial charge >= 0.3 is 6.18 Å². The van der Waals surface area contributed by atoms with E-state index in [2.05, 4.69) is 5.32 Å². The lowest BCUT2D eigenvalue weighted by atomic mass is 10.1. The minimum absolute atomic E-state index is 0.00937. The topological polar surface area (TPSA) is 53.9 Å². The smallest absolute Gasteiger partial charge is 0.332 e. The monoisotopic (exact) mass is 344 g/mol. The average Bonchev–Trinajstić information content (AvgIpc) is 2.53. The summed E-state index contributed by atoms with van der Waals surface area (Å²) in [6.45, 7) is 5.67. The number of carbonyl (C=O) groups excluding carboxylic acids is 2. The van der Waals surface area contributed by atoms with Gasteiger partial charge in [-0.05, 0) is 25.1 Å². The van der Waals surface area contributed by atoms with Crippen LogP contribution in [0, 0.1) is 0 Å². The van der Waals surface area contributed by atoms with Crippen molar-refractivity contribution >= 4 is 17.5 Å². The molecule has 0 unspecified atom stereocenters. The van der Waals surface area contributed by atoms with Crippen LogP contribution in [0.5, 0.6) is 0 Å². The van der Waals surface area contributed by atoms with E-state index in [-0.39, 0.29) is 17.5 Å². The summed E-state index contributed by atoms with van der Waals surface area (Å²) in [7, 11) is 0. The normalized spacial score (nSPS) is 17.5. The second-order valence-electron chi connectivity index (χ2n) is 5.95. The molecule has 8 heteroatoms. The van der Waals surface area contributed by atoms with Gasteiger partial charge in [-0.2, -0.15) is 13.2 Å². The van der Waals surface area contributed by atoms with Gasteiger partial charge in [0.25, 0.3) is 5.91 Å². The van der Waals surface area contributed by atoms with E-state index in [1.54, 1.807) is 11.8 Å². The number of piperazine rings is 1. The van der Waals surface area contributed by atoms with Gasteiger partial charge < -0.3 is 15.1 Å². The maximum atomic E-state index is 12.7. The van der Waals surface area contributed by atoms with Crippen molar-refractivity contribution in [1.29, 1.82) is 0 Å². The van der Waals surface area contributed by atoms with Crippen LogP contribution in [0.1, 0.15) is 19.4 Å². The number of hydrogen-bond acceptors (Lipinski definition) is 2. The summed E-state index contributed by atoms with van der Waals surface area (Å²) in [5.74, 6) is -0.323. The molecule has 0 aliphatic carbocycles. The number of halogens is 3. The van der Waals surface area contributed by atoms with Gasteiger partial charge in [-0.15, -0.1) is 0 Å². The Bertz CT molecular complexity index is 611. The number of alkyl halides is 3. The van der Waals surface area contributed by atoms with Crippen LogP contribution >= 0.6 is 0 Å². The number of quaternary nitrogens is 1. The molecule has 0 radical (unpaired) electrons. The molecule has 2 N–H and O–H groups in total. The van der Waals surface area contributed by atoms with Gasteiger partial charge in [0.05, 0.1) is 31.7 Å². The van der Waals surface area contributed by atoms with E-state index in [0.29, 0.717) is 26.2 Å². The van der Waals surface area contributed by atoms with E-state index in [1.165, 1.54) is 19.1 Å². The second-order valence-corrected chi connectivity index (χ2v) is 5.95. The quantitative estimate of drug-likeness (QED) is 0.852. The minimum Gasteiger partial charge on any atom is -0.332 e. The molecule has 5 nitrogen and oxygen atoms in total. The van der Waals surface area contributed by atoms with E-state index in [9.17, 15) is 22.8 Å². The van der Waals surface area contributed by atoms with Crippen molar-refractivity contribution in [2.24, 2.45) is 0 Å². The molecular formula is C16H21F3N3O2+. The summed E-state index contributed by atoms with van der Waals surface area (Å²) < 4.78 is 38.1. The molecule has 132 valence electrons. The lowest BCUT2D eigenvalue weighted by Crippen LogP contribution is -3.19. The van der Waals surface area contributed by atoms with E-state index < -0.39 is 17.8 Å². The molecule has 0 aromatic heterocycles. The van der Waals surface area contributed by atoms with Gasteiger partial charge in [-0.1, -0.05) is 6.07 Å². The highest BCUT2D eigenvalue weighted by atomic mass is 19.4. The zero-order chi connectivity index (χ0) is 17.9. The molecule has 1 saturated heterocycles. The standard InChI is InChI=1S/C16H20F3N3O2/c1-11(21-6-8-22(9-7-21)12(2)23)15(24)20-14-5-3-4-13(10-14)16(17,18)19/h3-5,10-11H,6-9H2,1-2H3,(H,20,24)/p+1/t11-/m1/s1. The van der Waals surface area contributed by atoms with Crippen LogP contribution in [0.3, 0.4) is 0 Å². The van der Waals surface area contributed by atoms with Crippen LogP contribution in [0.15, 0.2) is 24.3 Å². The molecule has 0 bridgehead atoms. The van der Waals surface area contributed by atoms with Crippen molar-refractivity contribution in [3.8, 4) is 0 Å². The minimum atomic E-state index is -4.44. The summed E-state index contributed by atoms with van der Waals surface area (Å²) in [6, 6.07) is 4.18. The summed E-state index contributed by atoms with van der Waals surface area (Å²) in [4.78, 5) is 26.3. The van der Waals surface area contributed by atoms with E-state index >= 15 is 0 Å². The number of nitrogens with one attached hydrogen (secondary N) is 2. The molecule has 1 aliphatic heterocycles. The molecule has 24 heavy (non-hydrogen) atoms. The fourth-order valence-corrected chi connectivity index (χ4v) is 2.75. The largest absolute Gasteiger partial charge is 0.416 e. The van der Waals surface area contributed by atoms with Crippen LogP contribution in [0.25, 0.3) is 0 Å². The molecule has 0 spiro atoms. The van der Waals surface area contributed by atoms with E-state index in [1.807, 2.05) is 0 Å². The predicted molar refractivity (Wildman–Crippen MR) is 82.5 cm³/mol. The second kappa shape index (κ2) is 7.21. The van der Waals surface area contributed by atoms with Crippen molar-refractivity contribution in [3.63, 3.8) is 0 Å². The Balaban J connectivity index is 1.96. The molecule has 2 amide bonds. The van der Waals surface area contributed by atoms with E-state index in [0.717, 1.165) is 17.0 Å². The van der Waals surface area contributed by atoms with Crippen LogP contribution in [-0.2, 0) is 15.8 Å². The van der Waals surface area contributed by atoms with Crippen LogP contribution in [0.4, 0.5) is 18.9 Å². The van der Waals surface area contributed by atoms with Gasteiger partial charge in [0.2, 0.25) is 5.91 Å². The zero-order valence-corrected chi connectivity index (χ0v) is 13.6. The molecule has 1 atom stereocenters. The highest BCUT2D eigenvalue weighted by Gasteiger charge is 2.32. The lowest BCUT2D eigenvalue weighted by molar-refractivity contribution is -0.917. The Labute approximate surface area is 138 Å². The molecule has 1 fully saturated rings. The number of benzene rings is 1. The van der Waals surface area contributed by atoms with Gasteiger partial charge in [0, 0.05) is 12.6 Å². The van der Waals surface area contributed by atoms with Gasteiger partial charge in [0.15, 0.2) is 6.04 Å². The Hall–Kier alpha value is -2.09.